The molecule has 0 spiro atoms. The molecule has 2 nitrogen and oxygen atoms in total. The lowest BCUT2D eigenvalue weighted by Crippen LogP contribution is -1.99. The molecule has 1 unspecified atom stereocenters. The van der Waals surface area contributed by atoms with E-state index in [1.807, 2.05) is 18.2 Å². The molecule has 0 bridgehead atoms. The molecule has 2 radical (unpaired) electrons. The first-order chi connectivity index (χ1) is 8.63. The van der Waals surface area contributed by atoms with Crippen molar-refractivity contribution < 1.29 is 1.37 Å². The average molecular weight is 355 g/mol. The summed E-state index contributed by atoms with van der Waals surface area (Å²) in [5.74, 6) is 0. The van der Waals surface area contributed by atoms with Gasteiger partial charge in [-0.15, -0.1) is 0 Å². The minimum atomic E-state index is -0.590. The van der Waals surface area contributed by atoms with Crippen molar-refractivity contribution in [3.63, 3.8) is 0 Å². The summed E-state index contributed by atoms with van der Waals surface area (Å²) in [6.45, 7) is 0. The van der Waals surface area contributed by atoms with Crippen LogP contribution in [0.15, 0.2) is 18.2 Å². The molecule has 1 heterocycles. The van der Waals surface area contributed by atoms with E-state index in [0.29, 0.717) is 17.1 Å². The SMILES string of the molecule is [2H]C([B])Cc1ccc2nc(CBr)c(CBr)nc2c1. The fourth-order valence-electron chi connectivity index (χ4n) is 1.65. The van der Waals surface area contributed by atoms with Crippen molar-refractivity contribution in [1.29, 1.82) is 0 Å². The second-order valence-electron chi connectivity index (χ2n) is 3.65. The van der Waals surface area contributed by atoms with Crippen LogP contribution in [0.2, 0.25) is 6.30 Å². The molecule has 0 saturated carbocycles. The van der Waals surface area contributed by atoms with Gasteiger partial charge in [0.05, 0.1) is 30.3 Å². The standard InChI is InChI=1S/C12H11BBr2N2/c13-4-3-8-1-2-9-10(5-8)17-12(7-15)11(6-14)16-9/h1-2,5H,3-4,6-7H2/i4D. The number of rotatable bonds is 4. The summed E-state index contributed by atoms with van der Waals surface area (Å²) in [4.78, 5) is 9.16. The number of aromatic nitrogens is 2. The quantitative estimate of drug-likeness (QED) is 0.620. The third-order valence-corrected chi connectivity index (χ3v) is 3.55. The molecule has 86 valence electrons. The van der Waals surface area contributed by atoms with Crippen LogP contribution in [0.3, 0.4) is 0 Å². The molecule has 0 amide bonds. The van der Waals surface area contributed by atoms with Crippen molar-refractivity contribution in [2.75, 3.05) is 0 Å². The van der Waals surface area contributed by atoms with Crippen molar-refractivity contribution >= 4 is 50.7 Å². The Bertz CT molecular complexity index is 563. The molecule has 0 saturated heterocycles. The third kappa shape index (κ3) is 2.88. The van der Waals surface area contributed by atoms with Gasteiger partial charge < -0.3 is 0 Å². The van der Waals surface area contributed by atoms with Crippen molar-refractivity contribution in [3.8, 4) is 0 Å². The molecular weight excluding hydrogens is 343 g/mol. The van der Waals surface area contributed by atoms with Gasteiger partial charge in [-0.05, 0) is 24.1 Å². The largest absolute Gasteiger partial charge is 0.248 e. The number of hydrogen-bond donors (Lipinski definition) is 0. The van der Waals surface area contributed by atoms with E-state index in [1.54, 1.807) is 0 Å². The average Bonchev–Trinajstić information content (AvgIpc) is 2.36. The maximum Gasteiger partial charge on any atom is 0.0893 e. The van der Waals surface area contributed by atoms with Crippen molar-refractivity contribution in [2.45, 2.75) is 23.4 Å². The van der Waals surface area contributed by atoms with Gasteiger partial charge in [0.2, 0.25) is 0 Å². The highest BCUT2D eigenvalue weighted by molar-refractivity contribution is 9.09. The van der Waals surface area contributed by atoms with Crippen molar-refractivity contribution in [3.05, 3.63) is 35.2 Å². The topological polar surface area (TPSA) is 25.8 Å². The molecular formula is C12H11BBr2N2. The first-order valence-electron chi connectivity index (χ1n) is 5.80. The van der Waals surface area contributed by atoms with Gasteiger partial charge in [0.1, 0.15) is 0 Å². The highest BCUT2D eigenvalue weighted by atomic mass is 79.9. The fraction of sp³-hybridized carbons (Fsp3) is 0.333. The lowest BCUT2D eigenvalue weighted by molar-refractivity contribution is 1.07. The first-order valence-corrected chi connectivity index (χ1v) is 7.46. The summed E-state index contributed by atoms with van der Waals surface area (Å²) < 4.78 is 7.39. The fourth-order valence-corrected chi connectivity index (χ4v) is 2.55. The van der Waals surface area contributed by atoms with Crippen LogP contribution in [0.5, 0.6) is 0 Å². The molecule has 5 heteroatoms. The van der Waals surface area contributed by atoms with Gasteiger partial charge in [0.25, 0.3) is 0 Å². The van der Waals surface area contributed by atoms with E-state index in [-0.39, 0.29) is 0 Å². The molecule has 1 aromatic heterocycles. The van der Waals surface area contributed by atoms with Crippen molar-refractivity contribution in [1.82, 2.24) is 9.97 Å². The normalized spacial score (nSPS) is 13.6. The summed E-state index contributed by atoms with van der Waals surface area (Å²) in [7, 11) is 5.49. The van der Waals surface area contributed by atoms with Gasteiger partial charge in [-0.1, -0.05) is 44.2 Å². The smallest absolute Gasteiger partial charge is 0.0893 e. The van der Waals surface area contributed by atoms with Gasteiger partial charge in [0, 0.05) is 12.0 Å². The zero-order chi connectivity index (χ0) is 13.1. The molecule has 2 rings (SSSR count). The number of benzene rings is 1. The summed E-state index contributed by atoms with van der Waals surface area (Å²) in [5.41, 5.74) is 4.63. The summed E-state index contributed by atoms with van der Waals surface area (Å²) in [6, 6.07) is 5.85. The van der Waals surface area contributed by atoms with Gasteiger partial charge >= 0.3 is 0 Å². The Morgan fingerprint density at radius 1 is 1.12 bits per heavy atom. The number of fused-ring (bicyclic) bond motifs is 1. The number of hydrogen-bond acceptors (Lipinski definition) is 2. The van der Waals surface area contributed by atoms with E-state index < -0.39 is 6.30 Å². The molecule has 0 aliphatic rings. The van der Waals surface area contributed by atoms with Crippen LogP contribution >= 0.6 is 31.9 Å². The number of aryl methyl sites for hydroxylation is 1. The Balaban J connectivity index is 2.49. The maximum absolute atomic E-state index is 7.39. The van der Waals surface area contributed by atoms with E-state index >= 15 is 0 Å². The summed E-state index contributed by atoms with van der Waals surface area (Å²) >= 11 is 6.84. The Morgan fingerprint density at radius 2 is 1.76 bits per heavy atom. The maximum atomic E-state index is 7.39. The minimum Gasteiger partial charge on any atom is -0.248 e. The van der Waals surface area contributed by atoms with Crippen LogP contribution < -0.4 is 0 Å². The van der Waals surface area contributed by atoms with Crippen LogP contribution in [-0.4, -0.2) is 17.8 Å². The molecule has 1 aromatic carbocycles. The second kappa shape index (κ2) is 5.96. The predicted octanol–water partition coefficient (Wildman–Crippen LogP) is 3.55. The van der Waals surface area contributed by atoms with E-state index in [0.717, 1.165) is 28.0 Å². The lowest BCUT2D eigenvalue weighted by Gasteiger charge is -2.06. The molecule has 0 N–H and O–H groups in total. The zero-order valence-electron chi connectivity index (χ0n) is 10.2. The molecule has 0 aliphatic carbocycles. The van der Waals surface area contributed by atoms with Crippen LogP contribution in [0, 0.1) is 0 Å². The van der Waals surface area contributed by atoms with Crippen LogP contribution in [0.25, 0.3) is 11.0 Å². The Hall–Kier alpha value is -0.415. The third-order valence-electron chi connectivity index (χ3n) is 2.49. The summed E-state index contributed by atoms with van der Waals surface area (Å²) in [6.07, 6.45) is -0.0607. The van der Waals surface area contributed by atoms with Gasteiger partial charge in [-0.25, -0.2) is 9.97 Å². The molecule has 1 atom stereocenters. The monoisotopic (exact) mass is 353 g/mol. The van der Waals surface area contributed by atoms with Crippen molar-refractivity contribution in [2.24, 2.45) is 0 Å². The van der Waals surface area contributed by atoms with Gasteiger partial charge in [-0.2, -0.15) is 0 Å². The Labute approximate surface area is 120 Å². The Morgan fingerprint density at radius 3 is 2.35 bits per heavy atom. The van der Waals surface area contributed by atoms with E-state index in [2.05, 4.69) is 41.8 Å². The molecule has 2 aromatic rings. The zero-order valence-corrected chi connectivity index (χ0v) is 12.3. The predicted molar refractivity (Wildman–Crippen MR) is 79.1 cm³/mol. The molecule has 0 aliphatic heterocycles. The van der Waals surface area contributed by atoms with Gasteiger partial charge in [-0.3, -0.25) is 0 Å². The second-order valence-corrected chi connectivity index (χ2v) is 4.77. The van der Waals surface area contributed by atoms with E-state index in [4.69, 9.17) is 9.22 Å². The van der Waals surface area contributed by atoms with Gasteiger partial charge in [0.15, 0.2) is 0 Å². The highest BCUT2D eigenvalue weighted by Gasteiger charge is 2.07. The number of nitrogens with zero attached hydrogens (tertiary/aromatic N) is 2. The summed E-state index contributed by atoms with van der Waals surface area (Å²) in [5, 5.41) is 1.37. The minimum absolute atomic E-state index is 0.529. The van der Waals surface area contributed by atoms with Crippen LogP contribution in [0.4, 0.5) is 0 Å². The van der Waals surface area contributed by atoms with E-state index in [1.165, 1.54) is 0 Å². The lowest BCUT2D eigenvalue weighted by atomic mass is 9.97. The highest BCUT2D eigenvalue weighted by Crippen LogP contribution is 2.19. The number of halogens is 2. The molecule has 0 fully saturated rings. The van der Waals surface area contributed by atoms with E-state index in [9.17, 15) is 0 Å². The Kier molecular flexibility index (Phi) is 4.09. The first kappa shape index (κ1) is 11.7. The molecule has 17 heavy (non-hydrogen) atoms. The van der Waals surface area contributed by atoms with Crippen LogP contribution in [0.1, 0.15) is 18.3 Å². The van der Waals surface area contributed by atoms with Crippen LogP contribution in [-0.2, 0) is 17.1 Å². The number of alkyl halides is 2.